The predicted octanol–water partition coefficient (Wildman–Crippen LogP) is 1.95. The number of aryl methyl sites for hydroxylation is 1. The molecule has 1 aromatic heterocycles. The zero-order chi connectivity index (χ0) is 14.5. The molecule has 0 aliphatic carbocycles. The van der Waals surface area contributed by atoms with Crippen LogP contribution in [-0.2, 0) is 11.3 Å². The highest BCUT2D eigenvalue weighted by Crippen LogP contribution is 2.17. The van der Waals surface area contributed by atoms with Crippen LogP contribution in [0.1, 0.15) is 41.1 Å². The molecule has 0 spiro atoms. The van der Waals surface area contributed by atoms with Crippen molar-refractivity contribution >= 4 is 5.97 Å². The summed E-state index contributed by atoms with van der Waals surface area (Å²) in [5, 5.41) is 3.53. The van der Waals surface area contributed by atoms with E-state index in [9.17, 15) is 4.79 Å². The molecule has 1 unspecified atom stereocenters. The number of carbonyl (C=O) groups is 1. The zero-order valence-corrected chi connectivity index (χ0v) is 12.6. The average Bonchev–Trinajstić information content (AvgIpc) is 2.79. The minimum atomic E-state index is -0.339. The molecule has 1 aromatic rings. The molecule has 0 saturated carbocycles. The third-order valence-corrected chi connectivity index (χ3v) is 3.74. The van der Waals surface area contributed by atoms with E-state index in [0.717, 1.165) is 18.8 Å². The molecule has 2 heterocycles. The van der Waals surface area contributed by atoms with Gasteiger partial charge in [-0.15, -0.1) is 0 Å². The lowest BCUT2D eigenvalue weighted by molar-refractivity contribution is 0.0599. The normalized spacial score (nSPS) is 19.3. The summed E-state index contributed by atoms with van der Waals surface area (Å²) in [5.74, 6) is 1.09. The minimum absolute atomic E-state index is 0.339. The number of likely N-dealkylation sites (N-methyl/N-ethyl adjacent to an activating group) is 1. The molecular formula is C15H24N2O3. The van der Waals surface area contributed by atoms with E-state index >= 15 is 0 Å². The van der Waals surface area contributed by atoms with Gasteiger partial charge in [0.15, 0.2) is 0 Å². The topological polar surface area (TPSA) is 54.7 Å². The smallest absolute Gasteiger partial charge is 0.341 e. The van der Waals surface area contributed by atoms with Crippen molar-refractivity contribution in [1.82, 2.24) is 10.2 Å². The Morgan fingerprint density at radius 1 is 1.55 bits per heavy atom. The summed E-state index contributed by atoms with van der Waals surface area (Å²) in [6.07, 6.45) is 3.81. The fourth-order valence-electron chi connectivity index (χ4n) is 2.72. The maximum atomic E-state index is 11.5. The fraction of sp³-hybridized carbons (Fsp3) is 0.667. The Hall–Kier alpha value is -1.33. The summed E-state index contributed by atoms with van der Waals surface area (Å²) in [4.78, 5) is 13.8. The first-order valence-corrected chi connectivity index (χ1v) is 7.19. The first-order chi connectivity index (χ1) is 9.60. The number of piperidine rings is 1. The maximum Gasteiger partial charge on any atom is 0.341 e. The van der Waals surface area contributed by atoms with Gasteiger partial charge in [-0.1, -0.05) is 6.42 Å². The number of hydrogen-bond acceptors (Lipinski definition) is 5. The number of rotatable bonds is 5. The van der Waals surface area contributed by atoms with Gasteiger partial charge in [0.2, 0.25) is 0 Å². The first kappa shape index (κ1) is 15.1. The van der Waals surface area contributed by atoms with Crippen LogP contribution in [0.2, 0.25) is 0 Å². The van der Waals surface area contributed by atoms with Gasteiger partial charge in [-0.3, -0.25) is 4.90 Å². The van der Waals surface area contributed by atoms with Crippen molar-refractivity contribution in [2.45, 2.75) is 38.8 Å². The Kier molecular flexibility index (Phi) is 5.20. The highest BCUT2D eigenvalue weighted by atomic mass is 16.5. The van der Waals surface area contributed by atoms with Crippen LogP contribution in [0.3, 0.4) is 0 Å². The van der Waals surface area contributed by atoms with Crippen LogP contribution >= 0.6 is 0 Å². The lowest BCUT2D eigenvalue weighted by Gasteiger charge is -2.27. The molecular weight excluding hydrogens is 256 g/mol. The van der Waals surface area contributed by atoms with Gasteiger partial charge in [0, 0.05) is 12.6 Å². The van der Waals surface area contributed by atoms with Gasteiger partial charge in [0.25, 0.3) is 0 Å². The number of carbonyl (C=O) groups excluding carboxylic acids is 1. The number of nitrogens with one attached hydrogen (secondary N) is 1. The molecule has 1 aliphatic heterocycles. The van der Waals surface area contributed by atoms with Crippen molar-refractivity contribution in [3.05, 3.63) is 23.2 Å². The summed E-state index contributed by atoms with van der Waals surface area (Å²) in [5.41, 5.74) is 0.520. The van der Waals surface area contributed by atoms with E-state index in [0.29, 0.717) is 23.9 Å². The summed E-state index contributed by atoms with van der Waals surface area (Å²) in [7, 11) is 3.46. The highest BCUT2D eigenvalue weighted by Gasteiger charge is 2.18. The van der Waals surface area contributed by atoms with Gasteiger partial charge in [-0.2, -0.15) is 0 Å². The molecule has 0 aromatic carbocycles. The van der Waals surface area contributed by atoms with Crippen molar-refractivity contribution in [2.75, 3.05) is 27.2 Å². The largest absolute Gasteiger partial charge is 0.465 e. The van der Waals surface area contributed by atoms with Crippen molar-refractivity contribution in [2.24, 2.45) is 0 Å². The van der Waals surface area contributed by atoms with E-state index in [1.54, 1.807) is 13.0 Å². The Labute approximate surface area is 120 Å². The molecule has 1 N–H and O–H groups in total. The molecule has 1 fully saturated rings. The van der Waals surface area contributed by atoms with E-state index in [4.69, 9.17) is 9.15 Å². The molecule has 1 saturated heterocycles. The van der Waals surface area contributed by atoms with E-state index < -0.39 is 0 Å². The second-order valence-corrected chi connectivity index (χ2v) is 5.52. The number of nitrogens with zero attached hydrogens (tertiary/aromatic N) is 1. The molecule has 5 heteroatoms. The summed E-state index contributed by atoms with van der Waals surface area (Å²) in [6.45, 7) is 4.60. The summed E-state index contributed by atoms with van der Waals surface area (Å²) >= 11 is 0. The van der Waals surface area contributed by atoms with Gasteiger partial charge in [0.1, 0.15) is 17.1 Å². The van der Waals surface area contributed by atoms with Crippen LogP contribution in [-0.4, -0.2) is 44.2 Å². The number of esters is 1. The van der Waals surface area contributed by atoms with Crippen molar-refractivity contribution < 1.29 is 13.9 Å². The molecule has 5 nitrogen and oxygen atoms in total. The zero-order valence-electron chi connectivity index (χ0n) is 12.6. The summed E-state index contributed by atoms with van der Waals surface area (Å²) in [6, 6.07) is 2.34. The number of ether oxygens (including phenoxy) is 1. The molecule has 2 rings (SSSR count). The van der Waals surface area contributed by atoms with E-state index in [2.05, 4.69) is 17.3 Å². The Balaban J connectivity index is 1.90. The molecule has 0 bridgehead atoms. The molecule has 0 radical (unpaired) electrons. The van der Waals surface area contributed by atoms with Crippen LogP contribution < -0.4 is 5.32 Å². The minimum Gasteiger partial charge on any atom is -0.465 e. The van der Waals surface area contributed by atoms with Gasteiger partial charge in [-0.05, 0) is 39.4 Å². The summed E-state index contributed by atoms with van der Waals surface area (Å²) < 4.78 is 10.4. The van der Waals surface area contributed by atoms with Gasteiger partial charge >= 0.3 is 5.97 Å². The molecule has 1 atom stereocenters. The number of methoxy groups -OCH3 is 1. The van der Waals surface area contributed by atoms with E-state index in [-0.39, 0.29) is 5.97 Å². The third kappa shape index (κ3) is 3.84. The molecule has 112 valence electrons. The number of hydrogen-bond donors (Lipinski definition) is 1. The Morgan fingerprint density at radius 2 is 2.35 bits per heavy atom. The SMILES string of the molecule is COC(=O)c1cc(CN(C)CC2CCCCN2)oc1C. The first-order valence-electron chi connectivity index (χ1n) is 7.19. The van der Waals surface area contributed by atoms with Crippen molar-refractivity contribution in [1.29, 1.82) is 0 Å². The van der Waals surface area contributed by atoms with Crippen LogP contribution in [0, 0.1) is 6.92 Å². The monoisotopic (exact) mass is 280 g/mol. The van der Waals surface area contributed by atoms with Gasteiger partial charge < -0.3 is 14.5 Å². The maximum absolute atomic E-state index is 11.5. The van der Waals surface area contributed by atoms with E-state index in [1.165, 1.54) is 26.4 Å². The lowest BCUT2D eigenvalue weighted by atomic mass is 10.0. The van der Waals surface area contributed by atoms with Gasteiger partial charge in [0.05, 0.1) is 13.7 Å². The third-order valence-electron chi connectivity index (χ3n) is 3.74. The Bertz CT molecular complexity index is 450. The molecule has 1 aliphatic rings. The van der Waals surface area contributed by atoms with Crippen LogP contribution in [0.4, 0.5) is 0 Å². The second kappa shape index (κ2) is 6.90. The number of furan rings is 1. The standard InChI is InChI=1S/C15H24N2O3/c1-11-14(15(18)19-3)8-13(20-11)10-17(2)9-12-6-4-5-7-16-12/h8,12,16H,4-7,9-10H2,1-3H3. The highest BCUT2D eigenvalue weighted by molar-refractivity contribution is 5.90. The average molecular weight is 280 g/mol. The molecule has 20 heavy (non-hydrogen) atoms. The Morgan fingerprint density at radius 3 is 3.00 bits per heavy atom. The van der Waals surface area contributed by atoms with E-state index in [1.807, 2.05) is 0 Å². The van der Waals surface area contributed by atoms with Crippen LogP contribution in [0.15, 0.2) is 10.5 Å². The van der Waals surface area contributed by atoms with Crippen LogP contribution in [0.5, 0.6) is 0 Å². The van der Waals surface area contributed by atoms with Crippen LogP contribution in [0.25, 0.3) is 0 Å². The predicted molar refractivity (Wildman–Crippen MR) is 76.8 cm³/mol. The quantitative estimate of drug-likeness (QED) is 0.835. The lowest BCUT2D eigenvalue weighted by Crippen LogP contribution is -2.42. The van der Waals surface area contributed by atoms with Gasteiger partial charge in [-0.25, -0.2) is 4.79 Å². The second-order valence-electron chi connectivity index (χ2n) is 5.52. The molecule has 0 amide bonds. The van der Waals surface area contributed by atoms with Crippen molar-refractivity contribution in [3.63, 3.8) is 0 Å². The van der Waals surface area contributed by atoms with Crippen molar-refractivity contribution in [3.8, 4) is 0 Å². The fourth-order valence-corrected chi connectivity index (χ4v) is 2.72.